The van der Waals surface area contributed by atoms with Gasteiger partial charge < -0.3 is 32.3 Å². The molecule has 0 bridgehead atoms. The van der Waals surface area contributed by atoms with Crippen LogP contribution in [0.2, 0.25) is 0 Å². The Kier molecular flexibility index (Phi) is 7.36. The number of hydrogen-bond donors (Lipinski definition) is 6. The number of nitrogens with two attached hydrogens (primary N) is 2. The van der Waals surface area contributed by atoms with Crippen molar-refractivity contribution in [3.05, 3.63) is 41.7 Å². The second kappa shape index (κ2) is 10.4. The van der Waals surface area contributed by atoms with Crippen LogP contribution in [0.3, 0.4) is 0 Å². The molecule has 0 aliphatic rings. The second-order valence-corrected chi connectivity index (χ2v) is 7.59. The summed E-state index contributed by atoms with van der Waals surface area (Å²) in [6.45, 7) is 2.44. The third-order valence-corrected chi connectivity index (χ3v) is 4.98. The van der Waals surface area contributed by atoms with E-state index < -0.39 is 23.9 Å². The maximum absolute atomic E-state index is 12.3. The molecule has 1 amide bonds. The van der Waals surface area contributed by atoms with Gasteiger partial charge in [-0.1, -0.05) is 6.92 Å². The van der Waals surface area contributed by atoms with E-state index in [1.54, 1.807) is 18.3 Å². The van der Waals surface area contributed by atoms with Crippen LogP contribution in [-0.2, 0) is 9.59 Å². The van der Waals surface area contributed by atoms with E-state index in [1.807, 2.05) is 6.92 Å². The molecular weight excluding hydrogens is 444 g/mol. The van der Waals surface area contributed by atoms with Crippen molar-refractivity contribution < 1.29 is 24.6 Å². The van der Waals surface area contributed by atoms with Crippen LogP contribution in [0.4, 0.5) is 17.5 Å². The molecule has 2 heterocycles. The fourth-order valence-corrected chi connectivity index (χ4v) is 3.08. The standard InChI is InChI=1S/C21H24N8O5/c1-10(14-9-25-18-16(26-14)17(22)28-21(23)29-18)8-24-12-4-2-11(3-5-12)19(32)27-13(20(33)34)6-7-15(30)31/h2-5,9-10,13,24H,6-8H2,1H3,(H,27,32)(H,30,31)(H,33,34)(H4,22,23,25,28,29)/t10?,13-/m0/s1. The van der Waals surface area contributed by atoms with Crippen molar-refractivity contribution in [3.8, 4) is 0 Å². The van der Waals surface area contributed by atoms with Gasteiger partial charge in [-0.05, 0) is 30.7 Å². The number of nitrogens with one attached hydrogen (secondary N) is 2. The van der Waals surface area contributed by atoms with Crippen molar-refractivity contribution >= 4 is 46.5 Å². The van der Waals surface area contributed by atoms with Gasteiger partial charge in [0.2, 0.25) is 5.95 Å². The lowest BCUT2D eigenvalue weighted by atomic mass is 10.1. The summed E-state index contributed by atoms with van der Waals surface area (Å²) in [7, 11) is 0. The average Bonchev–Trinajstić information content (AvgIpc) is 2.79. The number of fused-ring (bicyclic) bond motifs is 1. The van der Waals surface area contributed by atoms with Gasteiger partial charge in [-0.25, -0.2) is 14.8 Å². The summed E-state index contributed by atoms with van der Waals surface area (Å²) in [6.07, 6.45) is 1.02. The number of hydrogen-bond acceptors (Lipinski definition) is 10. The number of carbonyl (C=O) groups is 3. The summed E-state index contributed by atoms with van der Waals surface area (Å²) in [5, 5.41) is 23.5. The number of carboxylic acids is 2. The van der Waals surface area contributed by atoms with Crippen LogP contribution < -0.4 is 22.1 Å². The molecule has 3 aromatic rings. The van der Waals surface area contributed by atoms with Crippen molar-refractivity contribution in [1.82, 2.24) is 25.3 Å². The topological polar surface area (TPSA) is 219 Å². The molecule has 0 saturated carbocycles. The Bertz CT molecular complexity index is 1220. The molecule has 0 spiro atoms. The molecular formula is C21H24N8O5. The molecule has 13 nitrogen and oxygen atoms in total. The van der Waals surface area contributed by atoms with Gasteiger partial charge in [0.25, 0.3) is 5.91 Å². The number of aliphatic carboxylic acids is 2. The van der Waals surface area contributed by atoms with Crippen molar-refractivity contribution in [3.63, 3.8) is 0 Å². The Labute approximate surface area is 193 Å². The Morgan fingerprint density at radius 2 is 1.76 bits per heavy atom. The van der Waals surface area contributed by atoms with Gasteiger partial charge in [0.05, 0.1) is 11.9 Å². The minimum Gasteiger partial charge on any atom is -0.481 e. The molecule has 1 aromatic carbocycles. The summed E-state index contributed by atoms with van der Waals surface area (Å²) in [6, 6.07) is 5.14. The maximum atomic E-state index is 12.3. The van der Waals surface area contributed by atoms with Gasteiger partial charge >= 0.3 is 11.9 Å². The summed E-state index contributed by atoms with van der Waals surface area (Å²) >= 11 is 0. The van der Waals surface area contributed by atoms with Crippen LogP contribution in [-0.4, -0.2) is 60.6 Å². The smallest absolute Gasteiger partial charge is 0.326 e. The molecule has 0 saturated heterocycles. The molecule has 1 unspecified atom stereocenters. The van der Waals surface area contributed by atoms with E-state index in [0.717, 1.165) is 5.69 Å². The zero-order valence-corrected chi connectivity index (χ0v) is 18.2. The van der Waals surface area contributed by atoms with Crippen LogP contribution in [0, 0.1) is 0 Å². The minimum atomic E-state index is -1.30. The first-order valence-corrected chi connectivity index (χ1v) is 10.3. The number of nitrogen functional groups attached to an aromatic ring is 2. The van der Waals surface area contributed by atoms with Gasteiger partial charge in [0.1, 0.15) is 6.04 Å². The average molecular weight is 468 g/mol. The highest BCUT2D eigenvalue weighted by Gasteiger charge is 2.21. The van der Waals surface area contributed by atoms with Gasteiger partial charge in [-0.2, -0.15) is 9.97 Å². The highest BCUT2D eigenvalue weighted by Crippen LogP contribution is 2.20. The molecule has 0 fully saturated rings. The van der Waals surface area contributed by atoms with E-state index in [9.17, 15) is 19.5 Å². The minimum absolute atomic E-state index is 0.0256. The molecule has 8 N–H and O–H groups in total. The van der Waals surface area contributed by atoms with Crippen molar-refractivity contribution in [2.45, 2.75) is 31.7 Å². The lowest BCUT2D eigenvalue weighted by Crippen LogP contribution is -2.41. The summed E-state index contributed by atoms with van der Waals surface area (Å²) in [5.74, 6) is -2.92. The Balaban J connectivity index is 1.60. The Morgan fingerprint density at radius 3 is 2.41 bits per heavy atom. The molecule has 0 aliphatic carbocycles. The number of anilines is 3. The molecule has 2 aromatic heterocycles. The van der Waals surface area contributed by atoms with Crippen LogP contribution in [0.25, 0.3) is 11.2 Å². The first-order valence-electron chi connectivity index (χ1n) is 10.3. The third-order valence-electron chi connectivity index (χ3n) is 4.98. The number of carbonyl (C=O) groups excluding carboxylic acids is 1. The number of benzene rings is 1. The van der Waals surface area contributed by atoms with Crippen LogP contribution in [0.5, 0.6) is 0 Å². The molecule has 0 aliphatic heterocycles. The fraction of sp³-hybridized carbons (Fsp3) is 0.286. The summed E-state index contributed by atoms with van der Waals surface area (Å²) < 4.78 is 0. The number of amides is 1. The third kappa shape index (κ3) is 6.03. The van der Waals surface area contributed by atoms with Gasteiger partial charge in [0, 0.05) is 30.1 Å². The van der Waals surface area contributed by atoms with Crippen molar-refractivity contribution in [2.75, 3.05) is 23.3 Å². The van der Waals surface area contributed by atoms with Crippen LogP contribution >= 0.6 is 0 Å². The van der Waals surface area contributed by atoms with Gasteiger partial charge in [-0.15, -0.1) is 0 Å². The highest BCUT2D eigenvalue weighted by molar-refractivity contribution is 5.97. The number of nitrogens with zero attached hydrogens (tertiary/aromatic N) is 4. The molecule has 3 rings (SSSR count). The van der Waals surface area contributed by atoms with Gasteiger partial charge in [-0.3, -0.25) is 9.59 Å². The van der Waals surface area contributed by atoms with Crippen molar-refractivity contribution in [1.29, 1.82) is 0 Å². The van der Waals surface area contributed by atoms with Crippen LogP contribution in [0.15, 0.2) is 30.5 Å². The summed E-state index contributed by atoms with van der Waals surface area (Å²) in [4.78, 5) is 50.9. The second-order valence-electron chi connectivity index (χ2n) is 7.59. The monoisotopic (exact) mass is 468 g/mol. The predicted octanol–water partition coefficient (Wildman–Crippen LogP) is 0.848. The quantitative estimate of drug-likeness (QED) is 0.244. The van der Waals surface area contributed by atoms with Crippen LogP contribution in [0.1, 0.15) is 41.7 Å². The highest BCUT2D eigenvalue weighted by atomic mass is 16.4. The predicted molar refractivity (Wildman–Crippen MR) is 123 cm³/mol. The number of carboxylic acid groups (broad SMARTS) is 2. The molecule has 13 heteroatoms. The van der Waals surface area contributed by atoms with E-state index >= 15 is 0 Å². The molecule has 0 radical (unpaired) electrons. The Hall–Kier alpha value is -4.55. The molecule has 178 valence electrons. The summed E-state index contributed by atoms with van der Waals surface area (Å²) in [5.41, 5.74) is 13.8. The number of aromatic nitrogens is 4. The zero-order valence-electron chi connectivity index (χ0n) is 18.2. The lowest BCUT2D eigenvalue weighted by Gasteiger charge is -2.15. The number of rotatable bonds is 10. The van der Waals surface area contributed by atoms with Gasteiger partial charge in [0.15, 0.2) is 17.0 Å². The fourth-order valence-electron chi connectivity index (χ4n) is 3.08. The van der Waals surface area contributed by atoms with E-state index in [-0.39, 0.29) is 36.1 Å². The van der Waals surface area contributed by atoms with E-state index in [1.165, 1.54) is 12.1 Å². The molecule has 2 atom stereocenters. The maximum Gasteiger partial charge on any atom is 0.326 e. The van der Waals surface area contributed by atoms with E-state index in [4.69, 9.17) is 16.6 Å². The largest absolute Gasteiger partial charge is 0.481 e. The lowest BCUT2D eigenvalue weighted by molar-refractivity contribution is -0.140. The zero-order chi connectivity index (χ0) is 24.8. The molecule has 34 heavy (non-hydrogen) atoms. The Morgan fingerprint density at radius 1 is 1.06 bits per heavy atom. The SMILES string of the molecule is CC(CNc1ccc(C(=O)N[C@@H](CCC(=O)O)C(=O)O)cc1)c1cnc2nc(N)nc(N)c2n1. The first kappa shape index (κ1) is 24.1. The van der Waals surface area contributed by atoms with E-state index in [0.29, 0.717) is 23.4 Å². The van der Waals surface area contributed by atoms with E-state index in [2.05, 4.69) is 30.6 Å². The van der Waals surface area contributed by atoms with Crippen molar-refractivity contribution in [2.24, 2.45) is 0 Å². The normalized spacial score (nSPS) is 12.6. The first-order chi connectivity index (χ1) is 16.1.